The maximum atomic E-state index is 11.9. The summed E-state index contributed by atoms with van der Waals surface area (Å²) < 4.78 is 0. The zero-order valence-electron chi connectivity index (χ0n) is 13.7. The summed E-state index contributed by atoms with van der Waals surface area (Å²) >= 11 is 0. The molecule has 22 heavy (non-hydrogen) atoms. The van der Waals surface area contributed by atoms with Crippen molar-refractivity contribution in [2.45, 2.75) is 39.7 Å². The second-order valence-electron chi connectivity index (χ2n) is 6.62. The van der Waals surface area contributed by atoms with Gasteiger partial charge in [-0.05, 0) is 41.2 Å². The standard InChI is InChI=1S/C19H24N2O/c1-14-6-5-7-17(12-14)21-18(22)20-13-15-8-10-16(11-9-15)19(2,3)4/h5-12H,13H2,1-4H3,(H2,20,21,22). The fourth-order valence-corrected chi connectivity index (χ4v) is 2.20. The van der Waals surface area contributed by atoms with E-state index >= 15 is 0 Å². The molecule has 0 saturated carbocycles. The second-order valence-corrected chi connectivity index (χ2v) is 6.62. The van der Waals surface area contributed by atoms with Crippen LogP contribution in [0, 0.1) is 6.92 Å². The number of hydrogen-bond donors (Lipinski definition) is 2. The highest BCUT2D eigenvalue weighted by Gasteiger charge is 2.12. The minimum absolute atomic E-state index is 0.147. The molecule has 0 radical (unpaired) electrons. The highest BCUT2D eigenvalue weighted by molar-refractivity contribution is 5.89. The molecule has 2 rings (SSSR count). The van der Waals surface area contributed by atoms with Crippen molar-refractivity contribution < 1.29 is 4.79 Å². The Bertz CT molecular complexity index is 639. The predicted octanol–water partition coefficient (Wildman–Crippen LogP) is 4.61. The number of rotatable bonds is 3. The number of aryl methyl sites for hydroxylation is 1. The molecule has 2 amide bonds. The van der Waals surface area contributed by atoms with Crippen LogP contribution in [-0.4, -0.2) is 6.03 Å². The zero-order valence-corrected chi connectivity index (χ0v) is 13.7. The van der Waals surface area contributed by atoms with Gasteiger partial charge in [-0.2, -0.15) is 0 Å². The normalized spacial score (nSPS) is 11.1. The molecule has 2 aromatic rings. The average Bonchev–Trinajstić information content (AvgIpc) is 2.45. The van der Waals surface area contributed by atoms with Crippen LogP contribution in [-0.2, 0) is 12.0 Å². The number of hydrogen-bond acceptors (Lipinski definition) is 1. The number of amides is 2. The molecule has 0 aliphatic heterocycles. The van der Waals surface area contributed by atoms with E-state index in [4.69, 9.17) is 0 Å². The molecule has 0 spiro atoms. The van der Waals surface area contributed by atoms with E-state index in [0.717, 1.165) is 16.8 Å². The Morgan fingerprint density at radius 2 is 1.73 bits per heavy atom. The number of benzene rings is 2. The average molecular weight is 296 g/mol. The monoisotopic (exact) mass is 296 g/mol. The Hall–Kier alpha value is -2.29. The maximum absolute atomic E-state index is 11.9. The van der Waals surface area contributed by atoms with Gasteiger partial charge in [0.05, 0.1) is 0 Å². The van der Waals surface area contributed by atoms with Crippen LogP contribution in [0.25, 0.3) is 0 Å². The van der Waals surface area contributed by atoms with E-state index in [2.05, 4.69) is 55.7 Å². The number of carbonyl (C=O) groups is 1. The SMILES string of the molecule is Cc1cccc(NC(=O)NCc2ccc(C(C)(C)C)cc2)c1. The summed E-state index contributed by atoms with van der Waals surface area (Å²) in [6.07, 6.45) is 0. The molecule has 0 aliphatic carbocycles. The van der Waals surface area contributed by atoms with Crippen molar-refractivity contribution in [3.05, 3.63) is 65.2 Å². The van der Waals surface area contributed by atoms with Gasteiger partial charge < -0.3 is 10.6 Å². The molecular weight excluding hydrogens is 272 g/mol. The summed E-state index contributed by atoms with van der Waals surface area (Å²) in [4.78, 5) is 11.9. The topological polar surface area (TPSA) is 41.1 Å². The molecule has 0 bridgehead atoms. The van der Waals surface area contributed by atoms with Crippen molar-refractivity contribution in [3.63, 3.8) is 0 Å². The van der Waals surface area contributed by atoms with Crippen LogP contribution in [0.2, 0.25) is 0 Å². The Morgan fingerprint density at radius 1 is 1.05 bits per heavy atom. The number of nitrogens with one attached hydrogen (secondary N) is 2. The van der Waals surface area contributed by atoms with Gasteiger partial charge in [0, 0.05) is 12.2 Å². The lowest BCUT2D eigenvalue weighted by atomic mass is 9.87. The molecule has 0 aliphatic rings. The fraction of sp³-hybridized carbons (Fsp3) is 0.316. The van der Waals surface area contributed by atoms with Crippen molar-refractivity contribution in [3.8, 4) is 0 Å². The van der Waals surface area contributed by atoms with Gasteiger partial charge >= 0.3 is 6.03 Å². The van der Waals surface area contributed by atoms with Gasteiger partial charge in [-0.25, -0.2) is 4.79 Å². The summed E-state index contributed by atoms with van der Waals surface area (Å²) in [7, 11) is 0. The van der Waals surface area contributed by atoms with Crippen molar-refractivity contribution >= 4 is 11.7 Å². The van der Waals surface area contributed by atoms with Crippen molar-refractivity contribution in [2.24, 2.45) is 0 Å². The van der Waals surface area contributed by atoms with Gasteiger partial charge in [0.1, 0.15) is 0 Å². The second kappa shape index (κ2) is 6.65. The van der Waals surface area contributed by atoms with E-state index in [9.17, 15) is 4.79 Å². The third kappa shape index (κ3) is 4.62. The lowest BCUT2D eigenvalue weighted by Crippen LogP contribution is -2.28. The van der Waals surface area contributed by atoms with Gasteiger partial charge in [-0.1, -0.05) is 57.2 Å². The molecule has 0 heterocycles. The smallest absolute Gasteiger partial charge is 0.319 e. The van der Waals surface area contributed by atoms with Crippen molar-refractivity contribution in [2.75, 3.05) is 5.32 Å². The molecule has 3 heteroatoms. The number of carbonyl (C=O) groups excluding carboxylic acids is 1. The molecule has 2 aromatic carbocycles. The van der Waals surface area contributed by atoms with E-state index in [-0.39, 0.29) is 11.4 Å². The first kappa shape index (κ1) is 16.1. The van der Waals surface area contributed by atoms with Gasteiger partial charge in [0.25, 0.3) is 0 Å². The van der Waals surface area contributed by atoms with Crippen molar-refractivity contribution in [1.29, 1.82) is 0 Å². The summed E-state index contributed by atoms with van der Waals surface area (Å²) in [5.41, 5.74) is 4.46. The van der Waals surface area contributed by atoms with Crippen LogP contribution in [0.1, 0.15) is 37.5 Å². The Morgan fingerprint density at radius 3 is 2.32 bits per heavy atom. The zero-order chi connectivity index (χ0) is 16.2. The Labute approximate surface area is 132 Å². The minimum atomic E-state index is -0.189. The third-order valence-corrected chi connectivity index (χ3v) is 3.55. The fourth-order valence-electron chi connectivity index (χ4n) is 2.20. The van der Waals surface area contributed by atoms with Gasteiger partial charge in [-0.3, -0.25) is 0 Å². The molecule has 2 N–H and O–H groups in total. The van der Waals surface area contributed by atoms with Crippen LogP contribution in [0.5, 0.6) is 0 Å². The molecule has 0 aromatic heterocycles. The van der Waals surface area contributed by atoms with Gasteiger partial charge in [0.2, 0.25) is 0 Å². The number of urea groups is 1. The lowest BCUT2D eigenvalue weighted by Gasteiger charge is -2.19. The van der Waals surface area contributed by atoms with Gasteiger partial charge in [0.15, 0.2) is 0 Å². The van der Waals surface area contributed by atoms with E-state index < -0.39 is 0 Å². The largest absolute Gasteiger partial charge is 0.334 e. The molecule has 0 fully saturated rings. The number of anilines is 1. The Kier molecular flexibility index (Phi) is 4.86. The van der Waals surface area contributed by atoms with Gasteiger partial charge in [-0.15, -0.1) is 0 Å². The lowest BCUT2D eigenvalue weighted by molar-refractivity contribution is 0.251. The van der Waals surface area contributed by atoms with Crippen LogP contribution < -0.4 is 10.6 Å². The first-order valence-electron chi connectivity index (χ1n) is 7.55. The van der Waals surface area contributed by atoms with E-state index in [1.54, 1.807) is 0 Å². The summed E-state index contributed by atoms with van der Waals surface area (Å²) in [6.45, 7) is 9.09. The van der Waals surface area contributed by atoms with E-state index in [1.165, 1.54) is 5.56 Å². The molecule has 3 nitrogen and oxygen atoms in total. The molecule has 116 valence electrons. The van der Waals surface area contributed by atoms with Crippen LogP contribution in [0.3, 0.4) is 0 Å². The first-order valence-corrected chi connectivity index (χ1v) is 7.55. The molecule has 0 atom stereocenters. The maximum Gasteiger partial charge on any atom is 0.319 e. The van der Waals surface area contributed by atoms with Crippen LogP contribution in [0.4, 0.5) is 10.5 Å². The Balaban J connectivity index is 1.88. The summed E-state index contributed by atoms with van der Waals surface area (Å²) in [5, 5.41) is 5.71. The van der Waals surface area contributed by atoms with Crippen LogP contribution >= 0.6 is 0 Å². The minimum Gasteiger partial charge on any atom is -0.334 e. The quantitative estimate of drug-likeness (QED) is 0.853. The van der Waals surface area contributed by atoms with Crippen LogP contribution in [0.15, 0.2) is 48.5 Å². The third-order valence-electron chi connectivity index (χ3n) is 3.55. The van der Waals surface area contributed by atoms with E-state index in [0.29, 0.717) is 6.54 Å². The summed E-state index contributed by atoms with van der Waals surface area (Å²) in [6, 6.07) is 15.9. The summed E-state index contributed by atoms with van der Waals surface area (Å²) in [5.74, 6) is 0. The predicted molar refractivity (Wildman–Crippen MR) is 92.2 cm³/mol. The highest BCUT2D eigenvalue weighted by atomic mass is 16.2. The molecule has 0 unspecified atom stereocenters. The first-order chi connectivity index (χ1) is 10.3. The highest BCUT2D eigenvalue weighted by Crippen LogP contribution is 2.22. The molecular formula is C19H24N2O. The molecule has 0 saturated heterocycles. The van der Waals surface area contributed by atoms with Crippen molar-refractivity contribution in [1.82, 2.24) is 5.32 Å². The van der Waals surface area contributed by atoms with E-state index in [1.807, 2.05) is 31.2 Å².